The van der Waals surface area contributed by atoms with E-state index in [0.717, 1.165) is 85.7 Å². The number of aryl methyl sites for hydroxylation is 2. The van der Waals surface area contributed by atoms with Gasteiger partial charge in [-0.25, -0.2) is 0 Å². The molecule has 0 amide bonds. The van der Waals surface area contributed by atoms with Gasteiger partial charge in [0.05, 0.1) is 24.6 Å². The third-order valence-corrected chi connectivity index (χ3v) is 7.51. The second-order valence-corrected chi connectivity index (χ2v) is 11.3. The number of hydrogen-bond donors (Lipinski definition) is 0. The van der Waals surface area contributed by atoms with Crippen molar-refractivity contribution in [3.8, 4) is 11.5 Å². The van der Waals surface area contributed by atoms with Gasteiger partial charge in [-0.15, -0.1) is 0 Å². The number of rotatable bonds is 19. The summed E-state index contributed by atoms with van der Waals surface area (Å²) >= 11 is 0. The fourth-order valence-corrected chi connectivity index (χ4v) is 4.96. The van der Waals surface area contributed by atoms with Gasteiger partial charge in [-0.05, 0) is 121 Å². The molecule has 0 unspecified atom stereocenters. The van der Waals surface area contributed by atoms with Gasteiger partial charge in [0.15, 0.2) is 0 Å². The van der Waals surface area contributed by atoms with Crippen molar-refractivity contribution >= 4 is 23.8 Å². The van der Waals surface area contributed by atoms with Crippen molar-refractivity contribution in [3.05, 3.63) is 119 Å². The first-order valence-corrected chi connectivity index (χ1v) is 16.4. The molecule has 0 bridgehead atoms. The third-order valence-electron chi connectivity index (χ3n) is 7.51. The maximum atomic E-state index is 5.94. The van der Waals surface area contributed by atoms with Gasteiger partial charge in [0.25, 0.3) is 0 Å². The number of unbranched alkanes of at least 4 members (excludes halogenated alkanes) is 5. The van der Waals surface area contributed by atoms with Gasteiger partial charge in [0.1, 0.15) is 11.5 Å². The average molecular weight is 589 g/mol. The number of hydrogen-bond acceptors (Lipinski definition) is 4. The zero-order chi connectivity index (χ0) is 30.7. The fourth-order valence-electron chi connectivity index (χ4n) is 4.96. The molecule has 0 spiro atoms. The van der Waals surface area contributed by atoms with E-state index in [-0.39, 0.29) is 0 Å². The van der Waals surface area contributed by atoms with Gasteiger partial charge in [-0.2, -0.15) is 0 Å². The summed E-state index contributed by atoms with van der Waals surface area (Å²) in [5.74, 6) is 1.83. The van der Waals surface area contributed by atoms with Crippen LogP contribution in [-0.4, -0.2) is 25.6 Å². The Morgan fingerprint density at radius 1 is 0.455 bits per heavy atom. The van der Waals surface area contributed by atoms with Gasteiger partial charge in [-0.3, -0.25) is 9.98 Å². The van der Waals surface area contributed by atoms with Crippen LogP contribution in [0.2, 0.25) is 0 Å². The summed E-state index contributed by atoms with van der Waals surface area (Å²) in [5, 5.41) is 0. The Labute approximate surface area is 264 Å². The predicted molar refractivity (Wildman–Crippen MR) is 187 cm³/mol. The van der Waals surface area contributed by atoms with Gasteiger partial charge in [0.2, 0.25) is 0 Å². The SMILES string of the molecule is CCCc1ccc(N=Cc2ccc(OCCCCCCCCOc3ccc(C=Nc4ccc(CCC)cc4)cc3)cc2)cc1. The zero-order valence-corrected chi connectivity index (χ0v) is 26.6. The molecule has 4 rings (SSSR count). The van der Waals surface area contributed by atoms with Crippen LogP contribution in [0.5, 0.6) is 11.5 Å². The third kappa shape index (κ3) is 12.2. The van der Waals surface area contributed by atoms with Gasteiger partial charge >= 0.3 is 0 Å². The highest BCUT2D eigenvalue weighted by Crippen LogP contribution is 2.18. The van der Waals surface area contributed by atoms with Gasteiger partial charge in [-0.1, -0.05) is 76.6 Å². The van der Waals surface area contributed by atoms with Crippen molar-refractivity contribution < 1.29 is 9.47 Å². The van der Waals surface area contributed by atoms with Crippen molar-refractivity contribution in [3.63, 3.8) is 0 Å². The maximum absolute atomic E-state index is 5.94. The summed E-state index contributed by atoms with van der Waals surface area (Å²) in [6.45, 7) is 5.92. The molecule has 0 heterocycles. The lowest BCUT2D eigenvalue weighted by Gasteiger charge is -2.07. The molecule has 0 radical (unpaired) electrons. The van der Waals surface area contributed by atoms with E-state index in [1.807, 2.05) is 36.7 Å². The minimum atomic E-state index is 0.757. The summed E-state index contributed by atoms with van der Waals surface area (Å²) < 4.78 is 11.9. The first kappa shape index (κ1) is 32.7. The van der Waals surface area contributed by atoms with Crippen molar-refractivity contribution in [1.82, 2.24) is 0 Å². The summed E-state index contributed by atoms with van der Waals surface area (Å²) in [6.07, 6.45) is 15.4. The van der Waals surface area contributed by atoms with Crippen LogP contribution in [-0.2, 0) is 12.8 Å². The molecule has 0 fully saturated rings. The quantitative estimate of drug-likeness (QED) is 0.0808. The minimum Gasteiger partial charge on any atom is -0.494 e. The maximum Gasteiger partial charge on any atom is 0.119 e. The van der Waals surface area contributed by atoms with Crippen molar-refractivity contribution in [2.45, 2.75) is 78.1 Å². The summed E-state index contributed by atoms with van der Waals surface area (Å²) in [5.41, 5.74) is 6.84. The molecule has 0 atom stereocenters. The molecule has 44 heavy (non-hydrogen) atoms. The van der Waals surface area contributed by atoms with E-state index >= 15 is 0 Å². The van der Waals surface area contributed by atoms with Crippen LogP contribution in [0, 0.1) is 0 Å². The van der Waals surface area contributed by atoms with Crippen LogP contribution in [0.4, 0.5) is 11.4 Å². The highest BCUT2D eigenvalue weighted by Gasteiger charge is 1.99. The van der Waals surface area contributed by atoms with E-state index in [9.17, 15) is 0 Å². The van der Waals surface area contributed by atoms with Crippen molar-refractivity contribution in [2.75, 3.05) is 13.2 Å². The lowest BCUT2D eigenvalue weighted by atomic mass is 10.1. The van der Waals surface area contributed by atoms with Crippen LogP contribution in [0.25, 0.3) is 0 Å². The molecule has 4 nitrogen and oxygen atoms in total. The Morgan fingerprint density at radius 3 is 1.18 bits per heavy atom. The average Bonchev–Trinajstić information content (AvgIpc) is 3.06. The molecule has 0 N–H and O–H groups in total. The Hall–Kier alpha value is -4.18. The summed E-state index contributed by atoms with van der Waals surface area (Å²) in [4.78, 5) is 9.18. The first-order chi connectivity index (χ1) is 21.7. The largest absolute Gasteiger partial charge is 0.494 e. The molecular formula is C40H48N2O2. The lowest BCUT2D eigenvalue weighted by molar-refractivity contribution is 0.297. The molecule has 4 aromatic carbocycles. The summed E-state index contributed by atoms with van der Waals surface area (Å²) in [7, 11) is 0. The number of aliphatic imine (C=N–C) groups is 2. The highest BCUT2D eigenvalue weighted by atomic mass is 16.5. The van der Waals surface area contributed by atoms with Crippen LogP contribution in [0.3, 0.4) is 0 Å². The Balaban J connectivity index is 1.01. The van der Waals surface area contributed by atoms with Crippen LogP contribution < -0.4 is 9.47 Å². The first-order valence-electron chi connectivity index (χ1n) is 16.4. The Kier molecular flexibility index (Phi) is 14.3. The highest BCUT2D eigenvalue weighted by molar-refractivity contribution is 5.82. The van der Waals surface area contributed by atoms with E-state index in [1.165, 1.54) is 36.8 Å². The molecule has 0 saturated carbocycles. The molecule has 4 heteroatoms. The number of nitrogens with zero attached hydrogens (tertiary/aromatic N) is 2. The van der Waals surface area contributed by atoms with Crippen molar-refractivity contribution in [2.24, 2.45) is 9.98 Å². The topological polar surface area (TPSA) is 43.2 Å². The second kappa shape index (κ2) is 19.2. The molecule has 0 aromatic heterocycles. The van der Waals surface area contributed by atoms with Crippen LogP contribution in [0.15, 0.2) is 107 Å². The lowest BCUT2D eigenvalue weighted by Crippen LogP contribution is -1.98. The van der Waals surface area contributed by atoms with E-state index in [1.54, 1.807) is 0 Å². The van der Waals surface area contributed by atoms with E-state index in [4.69, 9.17) is 9.47 Å². The van der Waals surface area contributed by atoms with Gasteiger partial charge in [0, 0.05) is 12.4 Å². The molecular weight excluding hydrogens is 540 g/mol. The normalized spacial score (nSPS) is 11.4. The van der Waals surface area contributed by atoms with Crippen LogP contribution in [0.1, 0.15) is 87.5 Å². The Morgan fingerprint density at radius 2 is 0.818 bits per heavy atom. The standard InChI is InChI=1S/C40H48N2O2/c1-3-11-33-13-21-37(22-14-33)41-31-35-17-25-39(26-18-35)43-29-9-7-5-6-8-10-30-44-40-27-19-36(20-28-40)32-42-38-23-15-34(12-4-2)16-24-38/h13-28,31-32H,3-12,29-30H2,1-2H3. The Bertz CT molecular complexity index is 1280. The molecule has 230 valence electrons. The van der Waals surface area contributed by atoms with E-state index in [0.29, 0.717) is 0 Å². The zero-order valence-electron chi connectivity index (χ0n) is 26.6. The molecule has 4 aromatic rings. The van der Waals surface area contributed by atoms with E-state index in [2.05, 4.69) is 96.6 Å². The number of benzene rings is 4. The molecule has 0 aliphatic heterocycles. The predicted octanol–water partition coefficient (Wildman–Crippen LogP) is 10.9. The minimum absolute atomic E-state index is 0.757. The van der Waals surface area contributed by atoms with Gasteiger partial charge < -0.3 is 9.47 Å². The second-order valence-electron chi connectivity index (χ2n) is 11.3. The van der Waals surface area contributed by atoms with Crippen molar-refractivity contribution in [1.29, 1.82) is 0 Å². The monoisotopic (exact) mass is 588 g/mol. The molecule has 0 aliphatic carbocycles. The summed E-state index contributed by atoms with van der Waals surface area (Å²) in [6, 6.07) is 33.3. The molecule has 0 aliphatic rings. The smallest absolute Gasteiger partial charge is 0.119 e. The number of ether oxygens (including phenoxy) is 2. The molecule has 0 saturated heterocycles. The fraction of sp³-hybridized carbons (Fsp3) is 0.350. The van der Waals surface area contributed by atoms with Crippen LogP contribution >= 0.6 is 0 Å². The van der Waals surface area contributed by atoms with E-state index < -0.39 is 0 Å².